The number of ether oxygens (including phenoxy) is 1. The fourth-order valence-electron chi connectivity index (χ4n) is 1.44. The fraction of sp³-hybridized carbons (Fsp3) is 0.0667. The molecule has 2 aromatic rings. The Bertz CT molecular complexity index is 660. The van der Waals surface area contributed by atoms with E-state index >= 15 is 0 Å². The number of nitrogens with one attached hydrogen (secondary N) is 1. The van der Waals surface area contributed by atoms with Crippen LogP contribution >= 0.6 is 0 Å². The van der Waals surface area contributed by atoms with Crippen molar-refractivity contribution in [1.29, 1.82) is 5.26 Å². The van der Waals surface area contributed by atoms with Crippen LogP contribution in [0.5, 0.6) is 5.75 Å². The molecule has 0 aliphatic carbocycles. The number of hydrogen-bond acceptors (Lipinski definition) is 5. The highest BCUT2D eigenvalue weighted by Gasteiger charge is 2.01. The predicted octanol–water partition coefficient (Wildman–Crippen LogP) is 1.48. The molecule has 6 nitrogen and oxygen atoms in total. The minimum Gasteiger partial charge on any atom is -0.484 e. The summed E-state index contributed by atoms with van der Waals surface area (Å²) in [6.07, 6.45) is 4.79. The summed E-state index contributed by atoms with van der Waals surface area (Å²) < 4.78 is 5.26. The summed E-state index contributed by atoms with van der Waals surface area (Å²) in [6, 6.07) is 12.0. The molecule has 1 aromatic heterocycles. The molecule has 0 atom stereocenters. The maximum Gasteiger partial charge on any atom is 0.277 e. The van der Waals surface area contributed by atoms with Crippen LogP contribution in [0.15, 0.2) is 53.9 Å². The average molecular weight is 280 g/mol. The molecule has 21 heavy (non-hydrogen) atoms. The van der Waals surface area contributed by atoms with E-state index in [1.807, 2.05) is 6.07 Å². The Morgan fingerprint density at radius 3 is 2.67 bits per heavy atom. The van der Waals surface area contributed by atoms with Crippen molar-refractivity contribution in [3.8, 4) is 11.8 Å². The minimum atomic E-state index is -0.371. The summed E-state index contributed by atoms with van der Waals surface area (Å²) in [5.74, 6) is 0.145. The van der Waals surface area contributed by atoms with Crippen molar-refractivity contribution in [2.45, 2.75) is 0 Å². The van der Waals surface area contributed by atoms with Crippen molar-refractivity contribution in [1.82, 2.24) is 10.4 Å². The molecule has 0 aliphatic heterocycles. The third-order valence-corrected chi connectivity index (χ3v) is 2.46. The van der Waals surface area contributed by atoms with E-state index < -0.39 is 0 Å². The monoisotopic (exact) mass is 280 g/mol. The summed E-state index contributed by atoms with van der Waals surface area (Å²) in [4.78, 5) is 15.4. The van der Waals surface area contributed by atoms with Crippen LogP contribution in [0.4, 0.5) is 0 Å². The number of amides is 1. The van der Waals surface area contributed by atoms with Gasteiger partial charge in [0.05, 0.1) is 17.8 Å². The lowest BCUT2D eigenvalue weighted by Gasteiger charge is -2.04. The molecule has 1 amide bonds. The molecular formula is C15H12N4O2. The number of benzene rings is 1. The zero-order valence-corrected chi connectivity index (χ0v) is 11.1. The van der Waals surface area contributed by atoms with Crippen molar-refractivity contribution in [2.75, 3.05) is 6.61 Å². The summed E-state index contributed by atoms with van der Waals surface area (Å²) in [7, 11) is 0. The first-order valence-electron chi connectivity index (χ1n) is 6.13. The number of rotatable bonds is 5. The first-order valence-corrected chi connectivity index (χ1v) is 6.13. The predicted molar refractivity (Wildman–Crippen MR) is 76.6 cm³/mol. The molecule has 0 saturated heterocycles. The van der Waals surface area contributed by atoms with E-state index in [0.717, 1.165) is 5.56 Å². The van der Waals surface area contributed by atoms with E-state index in [4.69, 9.17) is 10.00 Å². The third kappa shape index (κ3) is 4.76. The van der Waals surface area contributed by atoms with Crippen molar-refractivity contribution in [3.05, 3.63) is 59.9 Å². The van der Waals surface area contributed by atoms with E-state index in [1.165, 1.54) is 6.21 Å². The van der Waals surface area contributed by atoms with E-state index in [-0.39, 0.29) is 12.5 Å². The average Bonchev–Trinajstić information content (AvgIpc) is 2.54. The van der Waals surface area contributed by atoms with Crippen LogP contribution in [0, 0.1) is 11.3 Å². The molecule has 0 bridgehead atoms. The smallest absolute Gasteiger partial charge is 0.277 e. The number of aromatic nitrogens is 1. The van der Waals surface area contributed by atoms with Gasteiger partial charge in [0.15, 0.2) is 6.61 Å². The molecule has 6 heteroatoms. The van der Waals surface area contributed by atoms with Gasteiger partial charge in [0.25, 0.3) is 5.91 Å². The van der Waals surface area contributed by atoms with Crippen LogP contribution in [-0.2, 0) is 4.79 Å². The second-order valence-electron chi connectivity index (χ2n) is 4.00. The molecule has 0 saturated carbocycles. The van der Waals surface area contributed by atoms with Crippen molar-refractivity contribution in [3.63, 3.8) is 0 Å². The molecule has 0 spiro atoms. The van der Waals surface area contributed by atoms with E-state index in [9.17, 15) is 4.79 Å². The van der Waals surface area contributed by atoms with Gasteiger partial charge in [-0.25, -0.2) is 5.43 Å². The SMILES string of the molecule is N#Cc1ccc(OCC(=O)N/N=C\c2ccncc2)cc1. The van der Waals surface area contributed by atoms with Gasteiger partial charge in [-0.3, -0.25) is 9.78 Å². The standard InChI is InChI=1S/C15H12N4O2/c16-9-12-1-3-14(4-2-12)21-11-15(20)19-18-10-13-5-7-17-8-6-13/h1-8,10H,11H2,(H,19,20)/b18-10-. The van der Waals surface area contributed by atoms with Crippen molar-refractivity contribution < 1.29 is 9.53 Å². The Hall–Kier alpha value is -3.20. The zero-order chi connectivity index (χ0) is 14.9. The van der Waals surface area contributed by atoms with Gasteiger partial charge in [-0.05, 0) is 42.0 Å². The second-order valence-corrected chi connectivity index (χ2v) is 4.00. The Morgan fingerprint density at radius 2 is 2.00 bits per heavy atom. The molecule has 1 aromatic carbocycles. The van der Waals surface area contributed by atoms with Crippen molar-refractivity contribution in [2.24, 2.45) is 5.10 Å². The summed E-state index contributed by atoms with van der Waals surface area (Å²) in [5, 5.41) is 12.5. The Morgan fingerprint density at radius 1 is 1.29 bits per heavy atom. The van der Waals surface area contributed by atoms with Gasteiger partial charge < -0.3 is 4.74 Å². The molecule has 104 valence electrons. The first-order chi connectivity index (χ1) is 10.3. The van der Waals surface area contributed by atoms with Gasteiger partial charge in [0.2, 0.25) is 0 Å². The number of nitrogens with zero attached hydrogens (tertiary/aromatic N) is 3. The zero-order valence-electron chi connectivity index (χ0n) is 11.1. The molecule has 1 N–H and O–H groups in total. The van der Waals surface area contributed by atoms with Gasteiger partial charge in [-0.2, -0.15) is 10.4 Å². The van der Waals surface area contributed by atoms with Crippen LogP contribution in [0.2, 0.25) is 0 Å². The van der Waals surface area contributed by atoms with E-state index in [0.29, 0.717) is 11.3 Å². The maximum absolute atomic E-state index is 11.5. The highest BCUT2D eigenvalue weighted by atomic mass is 16.5. The lowest BCUT2D eigenvalue weighted by molar-refractivity contribution is -0.123. The summed E-state index contributed by atoms with van der Waals surface area (Å²) >= 11 is 0. The normalized spacial score (nSPS) is 10.0. The Kier molecular flexibility index (Phi) is 5.01. The van der Waals surface area contributed by atoms with Gasteiger partial charge in [-0.1, -0.05) is 0 Å². The number of carbonyl (C=O) groups is 1. The topological polar surface area (TPSA) is 87.4 Å². The number of pyridine rings is 1. The van der Waals surface area contributed by atoms with E-state index in [2.05, 4.69) is 15.5 Å². The molecular weight excluding hydrogens is 268 g/mol. The third-order valence-electron chi connectivity index (χ3n) is 2.46. The first kappa shape index (κ1) is 14.2. The largest absolute Gasteiger partial charge is 0.484 e. The summed E-state index contributed by atoms with van der Waals surface area (Å²) in [6.45, 7) is -0.153. The molecule has 0 fully saturated rings. The number of carbonyl (C=O) groups excluding carboxylic acids is 1. The highest BCUT2D eigenvalue weighted by molar-refractivity contribution is 5.82. The number of nitriles is 1. The molecule has 0 aliphatic rings. The van der Waals surface area contributed by atoms with Gasteiger partial charge >= 0.3 is 0 Å². The summed E-state index contributed by atoms with van der Waals surface area (Å²) in [5.41, 5.74) is 3.72. The maximum atomic E-state index is 11.5. The van der Waals surface area contributed by atoms with Gasteiger partial charge in [-0.15, -0.1) is 0 Å². The second kappa shape index (κ2) is 7.40. The number of hydrazone groups is 1. The van der Waals surface area contributed by atoms with Gasteiger partial charge in [0, 0.05) is 12.4 Å². The quantitative estimate of drug-likeness (QED) is 0.664. The Labute approximate surface area is 121 Å². The lowest BCUT2D eigenvalue weighted by atomic mass is 10.2. The van der Waals surface area contributed by atoms with Crippen LogP contribution in [0.1, 0.15) is 11.1 Å². The molecule has 0 unspecified atom stereocenters. The minimum absolute atomic E-state index is 0.153. The lowest BCUT2D eigenvalue weighted by Crippen LogP contribution is -2.24. The van der Waals surface area contributed by atoms with Crippen molar-refractivity contribution >= 4 is 12.1 Å². The molecule has 2 rings (SSSR count). The molecule has 0 radical (unpaired) electrons. The fourth-order valence-corrected chi connectivity index (χ4v) is 1.44. The van der Waals surface area contributed by atoms with Crippen LogP contribution < -0.4 is 10.2 Å². The van der Waals surface area contributed by atoms with E-state index in [1.54, 1.807) is 48.8 Å². The van der Waals surface area contributed by atoms with Crippen LogP contribution in [0.3, 0.4) is 0 Å². The van der Waals surface area contributed by atoms with Crippen LogP contribution in [-0.4, -0.2) is 23.7 Å². The highest BCUT2D eigenvalue weighted by Crippen LogP contribution is 2.11. The number of hydrogen-bond donors (Lipinski definition) is 1. The van der Waals surface area contributed by atoms with Gasteiger partial charge in [0.1, 0.15) is 5.75 Å². The Balaban J connectivity index is 1.77. The molecule has 1 heterocycles. The van der Waals surface area contributed by atoms with Crippen LogP contribution in [0.25, 0.3) is 0 Å².